The molecule has 2 aliphatic heterocycles. The van der Waals surface area contributed by atoms with E-state index in [4.69, 9.17) is 9.15 Å². The van der Waals surface area contributed by atoms with E-state index in [2.05, 4.69) is 23.8 Å². The number of allylic oxidation sites excluding steroid dienone is 1. The fraction of sp³-hybridized carbons (Fsp3) is 0.645. The second-order valence-electron chi connectivity index (χ2n) is 12.4. The van der Waals surface area contributed by atoms with Crippen LogP contribution in [-0.4, -0.2) is 50.8 Å². The first-order chi connectivity index (χ1) is 18.4. The molecule has 3 N–H and O–H groups in total. The standard InChI is InChI=1S/C31H44N2O6/c1-7-8-11-21-28(36)18(2)10-9-14-31(6)26(39-31)16-22(20-12-13-24-23(15-20)32-19(3)38-24)33-27(35)17-25(34)30(4,5)29(21)37/h7,12-13,15,18,21-22,25-26,28,34,36H,1,8-11,14,16-17H2,2-6H3,(H,33,35)/t18-,21+,22-,25-,26?,28+,31?/m0/s1. The van der Waals surface area contributed by atoms with Crippen LogP contribution in [0.15, 0.2) is 35.3 Å². The van der Waals surface area contributed by atoms with Gasteiger partial charge in [0.25, 0.3) is 0 Å². The molecule has 2 aliphatic rings. The number of epoxide rings is 1. The number of Topliss-reactive ketones (excluding diaryl/α,β-unsaturated/α-hetero) is 1. The maximum absolute atomic E-state index is 13.7. The minimum absolute atomic E-state index is 0.0334. The lowest BCUT2D eigenvalue weighted by molar-refractivity contribution is -0.144. The molecular weight excluding hydrogens is 496 g/mol. The van der Waals surface area contributed by atoms with E-state index < -0.39 is 23.5 Å². The predicted molar refractivity (Wildman–Crippen MR) is 149 cm³/mol. The van der Waals surface area contributed by atoms with Crippen molar-refractivity contribution in [3.05, 3.63) is 42.3 Å². The van der Waals surface area contributed by atoms with Crippen molar-refractivity contribution in [1.82, 2.24) is 10.3 Å². The topological polar surface area (TPSA) is 125 Å². The number of carbonyl (C=O) groups excluding carboxylic acids is 2. The van der Waals surface area contributed by atoms with Gasteiger partial charge in [-0.3, -0.25) is 9.59 Å². The predicted octanol–water partition coefficient (Wildman–Crippen LogP) is 4.95. The van der Waals surface area contributed by atoms with Gasteiger partial charge in [-0.15, -0.1) is 6.58 Å². The van der Waals surface area contributed by atoms with Crippen molar-refractivity contribution in [2.75, 3.05) is 0 Å². The third-order valence-corrected chi connectivity index (χ3v) is 8.93. The van der Waals surface area contributed by atoms with Crippen LogP contribution < -0.4 is 5.32 Å². The minimum Gasteiger partial charge on any atom is -0.441 e. The number of aromatic nitrogens is 1. The Morgan fingerprint density at radius 3 is 2.69 bits per heavy atom. The zero-order chi connectivity index (χ0) is 28.5. The smallest absolute Gasteiger partial charge is 0.223 e. The molecule has 0 saturated carbocycles. The molecule has 4 rings (SSSR count). The second-order valence-corrected chi connectivity index (χ2v) is 12.4. The average Bonchev–Trinajstić information content (AvgIpc) is 3.34. The molecule has 2 aromatic rings. The van der Waals surface area contributed by atoms with Crippen molar-refractivity contribution < 1.29 is 29.0 Å². The van der Waals surface area contributed by atoms with Gasteiger partial charge in [-0.1, -0.05) is 39.3 Å². The van der Waals surface area contributed by atoms with Crippen LogP contribution in [0, 0.1) is 24.2 Å². The number of carbonyl (C=O) groups is 2. The van der Waals surface area contributed by atoms with Gasteiger partial charge in [0.15, 0.2) is 11.5 Å². The lowest BCUT2D eigenvalue weighted by Crippen LogP contribution is -2.47. The maximum atomic E-state index is 13.7. The Morgan fingerprint density at radius 2 is 1.97 bits per heavy atom. The van der Waals surface area contributed by atoms with Crippen LogP contribution in [-0.2, 0) is 14.3 Å². The zero-order valence-electron chi connectivity index (χ0n) is 23.9. The Hall–Kier alpha value is -2.55. The average molecular weight is 541 g/mol. The van der Waals surface area contributed by atoms with Gasteiger partial charge in [-0.05, 0) is 56.2 Å². The molecule has 1 amide bonds. The third kappa shape index (κ3) is 6.44. The van der Waals surface area contributed by atoms with Crippen LogP contribution in [0.25, 0.3) is 11.1 Å². The lowest BCUT2D eigenvalue weighted by Gasteiger charge is -2.36. The Kier molecular flexibility index (Phi) is 8.69. The number of fused-ring (bicyclic) bond motifs is 2. The summed E-state index contributed by atoms with van der Waals surface area (Å²) in [5.74, 6) is -0.750. The van der Waals surface area contributed by atoms with Crippen LogP contribution in [0.3, 0.4) is 0 Å². The summed E-state index contributed by atoms with van der Waals surface area (Å²) in [5, 5.41) is 25.5. The van der Waals surface area contributed by atoms with Gasteiger partial charge < -0.3 is 24.7 Å². The summed E-state index contributed by atoms with van der Waals surface area (Å²) >= 11 is 0. The molecule has 2 saturated heterocycles. The molecule has 8 nitrogen and oxygen atoms in total. The van der Waals surface area contributed by atoms with Gasteiger partial charge in [-0.25, -0.2) is 4.98 Å². The number of amides is 1. The molecule has 0 aliphatic carbocycles. The Morgan fingerprint density at radius 1 is 1.23 bits per heavy atom. The van der Waals surface area contributed by atoms with Crippen molar-refractivity contribution in [2.45, 2.75) is 110 Å². The Labute approximate surface area is 231 Å². The number of benzene rings is 1. The number of ketones is 1. The third-order valence-electron chi connectivity index (χ3n) is 8.93. The number of hydrogen-bond donors (Lipinski definition) is 3. The molecule has 1 aromatic carbocycles. The summed E-state index contributed by atoms with van der Waals surface area (Å²) in [4.78, 5) is 31.5. The summed E-state index contributed by atoms with van der Waals surface area (Å²) < 4.78 is 11.8. The first-order valence-corrected chi connectivity index (χ1v) is 14.2. The Balaban J connectivity index is 1.62. The first kappa shape index (κ1) is 29.4. The number of aliphatic hydroxyl groups excluding tert-OH is 2. The van der Waals surface area contributed by atoms with Crippen molar-refractivity contribution in [3.63, 3.8) is 0 Å². The first-order valence-electron chi connectivity index (χ1n) is 14.2. The van der Waals surface area contributed by atoms with E-state index in [-0.39, 0.29) is 41.8 Å². The molecule has 0 radical (unpaired) electrons. The van der Waals surface area contributed by atoms with Gasteiger partial charge in [0.1, 0.15) is 11.3 Å². The molecule has 0 bridgehead atoms. The van der Waals surface area contributed by atoms with Gasteiger partial charge >= 0.3 is 0 Å². The van der Waals surface area contributed by atoms with Crippen molar-refractivity contribution in [3.8, 4) is 0 Å². The fourth-order valence-corrected chi connectivity index (χ4v) is 6.00. The molecule has 7 atom stereocenters. The van der Waals surface area contributed by atoms with E-state index in [9.17, 15) is 19.8 Å². The summed E-state index contributed by atoms with van der Waals surface area (Å²) in [7, 11) is 0. The van der Waals surface area contributed by atoms with Gasteiger partial charge in [0.2, 0.25) is 5.91 Å². The number of nitrogens with zero attached hydrogens (tertiary/aromatic N) is 1. The molecule has 3 heterocycles. The molecule has 8 heteroatoms. The van der Waals surface area contributed by atoms with Gasteiger partial charge in [-0.2, -0.15) is 0 Å². The molecule has 214 valence electrons. The molecule has 0 spiro atoms. The number of aryl methyl sites for hydroxylation is 1. The monoisotopic (exact) mass is 540 g/mol. The maximum Gasteiger partial charge on any atom is 0.223 e. The lowest BCUT2D eigenvalue weighted by atomic mass is 9.71. The Bertz CT molecular complexity index is 1200. The number of hydrogen-bond acceptors (Lipinski definition) is 7. The number of nitrogens with one attached hydrogen (secondary N) is 1. The number of oxazole rings is 1. The number of aliphatic hydroxyl groups is 2. The van der Waals surface area contributed by atoms with E-state index in [0.29, 0.717) is 30.7 Å². The van der Waals surface area contributed by atoms with Gasteiger partial charge in [0, 0.05) is 19.3 Å². The van der Waals surface area contributed by atoms with Crippen molar-refractivity contribution in [2.24, 2.45) is 17.3 Å². The summed E-state index contributed by atoms with van der Waals surface area (Å²) in [6.07, 6.45) is 3.46. The highest BCUT2D eigenvalue weighted by atomic mass is 16.6. The van der Waals surface area contributed by atoms with Crippen molar-refractivity contribution >= 4 is 22.8 Å². The van der Waals surface area contributed by atoms with Crippen LogP contribution in [0.1, 0.15) is 90.1 Å². The van der Waals surface area contributed by atoms with E-state index in [1.807, 2.05) is 25.1 Å². The highest BCUT2D eigenvalue weighted by molar-refractivity contribution is 5.88. The highest BCUT2D eigenvalue weighted by Gasteiger charge is 2.52. The van der Waals surface area contributed by atoms with E-state index in [0.717, 1.165) is 30.3 Å². The van der Waals surface area contributed by atoms with Crippen LogP contribution >= 0.6 is 0 Å². The fourth-order valence-electron chi connectivity index (χ4n) is 6.00. The summed E-state index contributed by atoms with van der Waals surface area (Å²) in [6, 6.07) is 5.35. The molecule has 2 unspecified atom stereocenters. The second kappa shape index (κ2) is 11.5. The van der Waals surface area contributed by atoms with E-state index in [1.54, 1.807) is 26.8 Å². The molecule has 2 fully saturated rings. The summed E-state index contributed by atoms with van der Waals surface area (Å²) in [5.41, 5.74) is 0.760. The summed E-state index contributed by atoms with van der Waals surface area (Å²) in [6.45, 7) is 13.0. The van der Waals surface area contributed by atoms with Crippen molar-refractivity contribution in [1.29, 1.82) is 0 Å². The van der Waals surface area contributed by atoms with E-state index in [1.165, 1.54) is 0 Å². The van der Waals surface area contributed by atoms with Crippen LogP contribution in [0.4, 0.5) is 0 Å². The normalized spacial score (nSPS) is 34.3. The molecule has 39 heavy (non-hydrogen) atoms. The highest BCUT2D eigenvalue weighted by Crippen LogP contribution is 2.46. The molecule has 1 aromatic heterocycles. The van der Waals surface area contributed by atoms with E-state index >= 15 is 0 Å². The largest absolute Gasteiger partial charge is 0.441 e. The van der Waals surface area contributed by atoms with Crippen LogP contribution in [0.5, 0.6) is 0 Å². The molecular formula is C31H44N2O6. The SMILES string of the molecule is C=CCC[C@H]1C(=O)C(C)(C)[C@@H](O)CC(=O)N[C@H](c2ccc3oc(C)nc3c2)CC2OC2(C)CCC[C@H](C)[C@H]1O. The van der Waals surface area contributed by atoms with Gasteiger partial charge in [0.05, 0.1) is 41.8 Å². The number of ether oxygens (including phenoxy) is 1. The van der Waals surface area contributed by atoms with Crippen LogP contribution in [0.2, 0.25) is 0 Å². The number of rotatable bonds is 4. The minimum atomic E-state index is -1.22. The quantitative estimate of drug-likeness (QED) is 0.370. The zero-order valence-corrected chi connectivity index (χ0v) is 23.9.